The maximum Gasteiger partial charge on any atom is 0.250 e. The van der Waals surface area contributed by atoms with Crippen molar-refractivity contribution in [1.29, 1.82) is 0 Å². The summed E-state index contributed by atoms with van der Waals surface area (Å²) in [4.78, 5) is 12.1. The molecule has 1 heterocycles. The van der Waals surface area contributed by atoms with Gasteiger partial charge < -0.3 is 0 Å². The maximum absolute atomic E-state index is 12.1. The molecule has 1 N–H and O–H groups in total. The molecule has 0 unspecified atom stereocenters. The number of amides is 1. The molecule has 1 amide bonds. The fourth-order valence-corrected chi connectivity index (χ4v) is 5.90. The highest BCUT2D eigenvalue weighted by molar-refractivity contribution is 8.03. The molecule has 1 aromatic heterocycles. The van der Waals surface area contributed by atoms with E-state index in [1.807, 2.05) is 43.3 Å². The van der Waals surface area contributed by atoms with Gasteiger partial charge in [-0.15, -0.1) is 10.2 Å². The average Bonchev–Trinajstić information content (AvgIpc) is 3.30. The highest BCUT2D eigenvalue weighted by Crippen LogP contribution is 2.32. The fourth-order valence-electron chi connectivity index (χ4n) is 3.09. The van der Waals surface area contributed by atoms with E-state index in [9.17, 15) is 4.79 Å². The van der Waals surface area contributed by atoms with Crippen LogP contribution < -0.4 is 5.43 Å². The minimum absolute atomic E-state index is 0.177. The molecule has 0 aliphatic heterocycles. The van der Waals surface area contributed by atoms with E-state index < -0.39 is 0 Å². The van der Waals surface area contributed by atoms with Crippen LogP contribution in [0.3, 0.4) is 0 Å². The lowest BCUT2D eigenvalue weighted by Gasteiger charge is -2.04. The lowest BCUT2D eigenvalue weighted by molar-refractivity contribution is -0.118. The topological polar surface area (TPSA) is 67.2 Å². The molecule has 0 aliphatic carbocycles. The van der Waals surface area contributed by atoms with Crippen LogP contribution >= 0.6 is 34.9 Å². The van der Waals surface area contributed by atoms with E-state index in [1.165, 1.54) is 39.4 Å². The summed E-state index contributed by atoms with van der Waals surface area (Å²) in [5.74, 6) is 0.886. The molecule has 5 nitrogen and oxygen atoms in total. The molecule has 0 aliphatic rings. The van der Waals surface area contributed by atoms with E-state index in [2.05, 4.69) is 63.2 Å². The quantitative estimate of drug-likeness (QED) is 0.170. The Balaban J connectivity index is 1.23. The summed E-state index contributed by atoms with van der Waals surface area (Å²) in [5.41, 5.74) is 5.88. The Morgan fingerprint density at radius 1 is 0.970 bits per heavy atom. The zero-order chi connectivity index (χ0) is 22.9. The van der Waals surface area contributed by atoms with Crippen molar-refractivity contribution in [1.82, 2.24) is 15.6 Å². The van der Waals surface area contributed by atoms with Crippen molar-refractivity contribution in [3.05, 3.63) is 89.5 Å². The molecule has 3 aromatic carbocycles. The number of nitrogens with zero attached hydrogens (tertiary/aromatic N) is 3. The van der Waals surface area contributed by atoms with Crippen molar-refractivity contribution in [3.63, 3.8) is 0 Å². The Morgan fingerprint density at radius 3 is 2.55 bits per heavy atom. The van der Waals surface area contributed by atoms with E-state index in [0.29, 0.717) is 0 Å². The highest BCUT2D eigenvalue weighted by Gasteiger charge is 2.09. The first-order valence-electron chi connectivity index (χ1n) is 10.3. The van der Waals surface area contributed by atoms with Crippen LogP contribution in [0.1, 0.15) is 18.1 Å². The van der Waals surface area contributed by atoms with E-state index in [4.69, 9.17) is 0 Å². The molecule has 0 spiro atoms. The third kappa shape index (κ3) is 7.02. The van der Waals surface area contributed by atoms with Gasteiger partial charge in [-0.25, -0.2) is 5.43 Å². The van der Waals surface area contributed by atoms with Crippen LogP contribution in [-0.2, 0) is 10.5 Å². The summed E-state index contributed by atoms with van der Waals surface area (Å²) in [7, 11) is 0. The second-order valence-corrected chi connectivity index (χ2v) is 10.6. The van der Waals surface area contributed by atoms with Gasteiger partial charge in [-0.1, -0.05) is 114 Å². The molecule has 0 fully saturated rings. The number of thioether (sulfide) groups is 2. The zero-order valence-corrected chi connectivity index (χ0v) is 20.4. The van der Waals surface area contributed by atoms with Gasteiger partial charge in [-0.2, -0.15) is 5.10 Å². The molecular formula is C25H22N4OS3. The van der Waals surface area contributed by atoms with Gasteiger partial charge in [-0.3, -0.25) is 4.79 Å². The van der Waals surface area contributed by atoms with Crippen LogP contribution in [0.4, 0.5) is 0 Å². The number of carbonyl (C=O) groups excluding carboxylic acids is 1. The zero-order valence-electron chi connectivity index (χ0n) is 18.0. The van der Waals surface area contributed by atoms with Gasteiger partial charge in [-0.05, 0) is 34.4 Å². The average molecular weight is 491 g/mol. The Labute approximate surface area is 205 Å². The molecule has 166 valence electrons. The van der Waals surface area contributed by atoms with E-state index >= 15 is 0 Å². The number of rotatable bonds is 9. The van der Waals surface area contributed by atoms with Crippen molar-refractivity contribution in [2.45, 2.75) is 21.4 Å². The monoisotopic (exact) mass is 490 g/mol. The summed E-state index contributed by atoms with van der Waals surface area (Å²) in [6.45, 7) is 1.94. The molecule has 0 bridgehead atoms. The van der Waals surface area contributed by atoms with Gasteiger partial charge in [0.25, 0.3) is 5.91 Å². The Kier molecular flexibility index (Phi) is 8.30. The van der Waals surface area contributed by atoms with Crippen LogP contribution in [0.15, 0.2) is 92.2 Å². The fraction of sp³-hybridized carbons (Fsp3) is 0.120. The van der Waals surface area contributed by atoms with Gasteiger partial charge in [0.05, 0.1) is 12.0 Å². The molecule has 4 aromatic rings. The molecule has 0 saturated heterocycles. The lowest BCUT2D eigenvalue weighted by Crippen LogP contribution is -2.19. The second-order valence-electron chi connectivity index (χ2n) is 7.14. The number of benzene rings is 3. The van der Waals surface area contributed by atoms with Crippen molar-refractivity contribution < 1.29 is 4.79 Å². The molecule has 4 rings (SSSR count). The summed E-state index contributed by atoms with van der Waals surface area (Å²) in [6, 6.07) is 24.7. The van der Waals surface area contributed by atoms with Crippen molar-refractivity contribution >= 4 is 63.8 Å². The predicted octanol–water partition coefficient (Wildman–Crippen LogP) is 6.28. The first-order chi connectivity index (χ1) is 16.2. The summed E-state index contributed by atoms with van der Waals surface area (Å²) in [6.07, 6.45) is 3.64. The normalized spacial score (nSPS) is 11.8. The largest absolute Gasteiger partial charge is 0.272 e. The van der Waals surface area contributed by atoms with Gasteiger partial charge in [0.15, 0.2) is 8.68 Å². The first-order valence-corrected chi connectivity index (χ1v) is 13.1. The van der Waals surface area contributed by atoms with Crippen molar-refractivity contribution in [2.75, 3.05) is 5.75 Å². The van der Waals surface area contributed by atoms with Crippen LogP contribution in [0.2, 0.25) is 0 Å². The highest BCUT2D eigenvalue weighted by atomic mass is 32.2. The van der Waals surface area contributed by atoms with Gasteiger partial charge >= 0.3 is 0 Å². The molecular weight excluding hydrogens is 469 g/mol. The molecule has 8 heteroatoms. The molecule has 0 radical (unpaired) electrons. The summed E-state index contributed by atoms with van der Waals surface area (Å²) >= 11 is 4.53. The van der Waals surface area contributed by atoms with Gasteiger partial charge in [0.1, 0.15) is 0 Å². The van der Waals surface area contributed by atoms with Crippen molar-refractivity contribution in [2.24, 2.45) is 5.10 Å². The Hall–Kier alpha value is -2.94. The summed E-state index contributed by atoms with van der Waals surface area (Å²) in [5, 5.41) is 15.0. The minimum Gasteiger partial charge on any atom is -0.272 e. The number of fused-ring (bicyclic) bond motifs is 1. The van der Waals surface area contributed by atoms with Gasteiger partial charge in [0, 0.05) is 5.75 Å². The van der Waals surface area contributed by atoms with Crippen molar-refractivity contribution in [3.8, 4) is 0 Å². The minimum atomic E-state index is -0.177. The third-order valence-electron chi connectivity index (χ3n) is 4.60. The Morgan fingerprint density at radius 2 is 1.70 bits per heavy atom. The number of nitrogens with one attached hydrogen (secondary N) is 1. The Bertz CT molecular complexity index is 1280. The number of hydrazone groups is 1. The lowest BCUT2D eigenvalue weighted by atomic mass is 10.1. The van der Waals surface area contributed by atoms with Crippen LogP contribution in [0.25, 0.3) is 16.8 Å². The van der Waals surface area contributed by atoms with Crippen LogP contribution in [0, 0.1) is 0 Å². The second kappa shape index (κ2) is 11.8. The summed E-state index contributed by atoms with van der Waals surface area (Å²) < 4.78 is 1.67. The van der Waals surface area contributed by atoms with E-state index in [-0.39, 0.29) is 11.7 Å². The number of carbonyl (C=O) groups is 1. The number of aromatic nitrogens is 2. The maximum atomic E-state index is 12.1. The standard InChI is InChI=1S/C25H22N4OS3/c1-18(14-19-8-3-2-4-9-19)15-26-27-23(30)17-32-25-29-28-24(33-25)31-16-21-12-7-11-20-10-5-6-13-22(20)21/h2-15H,16-17H2,1H3,(H,27,30). The predicted molar refractivity (Wildman–Crippen MR) is 141 cm³/mol. The smallest absolute Gasteiger partial charge is 0.250 e. The van der Waals surface area contributed by atoms with Gasteiger partial charge in [0.2, 0.25) is 0 Å². The third-order valence-corrected chi connectivity index (χ3v) is 7.84. The molecule has 0 saturated carbocycles. The number of hydrogen-bond acceptors (Lipinski definition) is 7. The molecule has 0 atom stereocenters. The number of allylic oxidation sites excluding steroid dienone is 1. The number of hydrogen-bond donors (Lipinski definition) is 1. The first kappa shape index (κ1) is 23.2. The van der Waals surface area contributed by atoms with E-state index in [0.717, 1.165) is 25.6 Å². The molecule has 33 heavy (non-hydrogen) atoms. The van der Waals surface area contributed by atoms with Crippen LogP contribution in [0.5, 0.6) is 0 Å². The van der Waals surface area contributed by atoms with Crippen LogP contribution in [-0.4, -0.2) is 28.1 Å². The van der Waals surface area contributed by atoms with E-state index in [1.54, 1.807) is 18.0 Å². The SMILES string of the molecule is CC(C=NNC(=O)CSc1nnc(SCc2cccc3ccccc23)s1)=Cc1ccccc1.